The third-order valence-corrected chi connectivity index (χ3v) is 4.32. The molecule has 0 aromatic carbocycles. The molecule has 14 heavy (non-hydrogen) atoms. The highest BCUT2D eigenvalue weighted by molar-refractivity contribution is 7.99. The SMILES string of the molecule is CCCC(C)CNCC1CCCCS1. The molecular weight excluding hydrogens is 190 g/mol. The average molecular weight is 215 g/mol. The average Bonchev–Trinajstić information content (AvgIpc) is 2.20. The van der Waals surface area contributed by atoms with Crippen LogP contribution in [-0.4, -0.2) is 24.1 Å². The molecule has 1 aliphatic heterocycles. The van der Waals surface area contributed by atoms with E-state index in [0.717, 1.165) is 11.2 Å². The van der Waals surface area contributed by atoms with E-state index < -0.39 is 0 Å². The van der Waals surface area contributed by atoms with Gasteiger partial charge in [0.1, 0.15) is 0 Å². The molecule has 1 rings (SSSR count). The Bertz CT molecular complexity index is 132. The summed E-state index contributed by atoms with van der Waals surface area (Å²) < 4.78 is 0. The van der Waals surface area contributed by atoms with Crippen LogP contribution in [0.2, 0.25) is 0 Å². The van der Waals surface area contributed by atoms with Crippen LogP contribution >= 0.6 is 11.8 Å². The van der Waals surface area contributed by atoms with Crippen LogP contribution in [0.3, 0.4) is 0 Å². The number of hydrogen-bond acceptors (Lipinski definition) is 2. The molecule has 0 aliphatic carbocycles. The molecule has 1 aliphatic rings. The standard InChI is InChI=1S/C12H25NS/c1-3-6-11(2)9-13-10-12-7-4-5-8-14-12/h11-13H,3-10H2,1-2H3. The highest BCUT2D eigenvalue weighted by Crippen LogP contribution is 2.24. The zero-order chi connectivity index (χ0) is 10.2. The molecular formula is C12H25NS. The van der Waals surface area contributed by atoms with Gasteiger partial charge in [-0.15, -0.1) is 0 Å². The monoisotopic (exact) mass is 215 g/mol. The lowest BCUT2D eigenvalue weighted by Gasteiger charge is -2.22. The Kier molecular flexibility index (Phi) is 6.70. The van der Waals surface area contributed by atoms with Crippen LogP contribution in [0.1, 0.15) is 46.0 Å². The van der Waals surface area contributed by atoms with Gasteiger partial charge in [0.25, 0.3) is 0 Å². The first kappa shape index (κ1) is 12.4. The van der Waals surface area contributed by atoms with Crippen LogP contribution in [0.25, 0.3) is 0 Å². The first-order valence-corrected chi connectivity index (χ1v) is 7.20. The first-order chi connectivity index (χ1) is 6.83. The maximum atomic E-state index is 3.62. The van der Waals surface area contributed by atoms with E-state index >= 15 is 0 Å². The number of rotatable bonds is 6. The predicted molar refractivity (Wildman–Crippen MR) is 67.0 cm³/mol. The summed E-state index contributed by atoms with van der Waals surface area (Å²) in [6.45, 7) is 7.07. The summed E-state index contributed by atoms with van der Waals surface area (Å²) in [6, 6.07) is 0. The molecule has 1 fully saturated rings. The molecule has 0 amide bonds. The van der Waals surface area contributed by atoms with Gasteiger partial charge in [0.2, 0.25) is 0 Å². The van der Waals surface area contributed by atoms with Crippen molar-refractivity contribution in [1.82, 2.24) is 5.32 Å². The van der Waals surface area contributed by atoms with E-state index in [1.165, 1.54) is 50.9 Å². The molecule has 1 nitrogen and oxygen atoms in total. The third kappa shape index (κ3) is 5.26. The molecule has 0 radical (unpaired) electrons. The van der Waals surface area contributed by atoms with Gasteiger partial charge in [-0.25, -0.2) is 0 Å². The maximum absolute atomic E-state index is 3.62. The van der Waals surface area contributed by atoms with Crippen molar-refractivity contribution in [2.45, 2.75) is 51.2 Å². The van der Waals surface area contributed by atoms with Crippen molar-refractivity contribution in [3.05, 3.63) is 0 Å². The van der Waals surface area contributed by atoms with Crippen molar-refractivity contribution in [2.24, 2.45) is 5.92 Å². The van der Waals surface area contributed by atoms with Crippen molar-refractivity contribution in [1.29, 1.82) is 0 Å². The lowest BCUT2D eigenvalue weighted by molar-refractivity contribution is 0.469. The summed E-state index contributed by atoms with van der Waals surface area (Å²) in [5.74, 6) is 2.24. The van der Waals surface area contributed by atoms with Crippen LogP contribution in [0, 0.1) is 5.92 Å². The van der Waals surface area contributed by atoms with Gasteiger partial charge in [-0.2, -0.15) is 11.8 Å². The van der Waals surface area contributed by atoms with Crippen molar-refractivity contribution in [2.75, 3.05) is 18.8 Å². The number of hydrogen-bond donors (Lipinski definition) is 1. The first-order valence-electron chi connectivity index (χ1n) is 6.15. The van der Waals surface area contributed by atoms with Crippen molar-refractivity contribution < 1.29 is 0 Å². The van der Waals surface area contributed by atoms with Crippen LogP contribution in [-0.2, 0) is 0 Å². The zero-order valence-corrected chi connectivity index (χ0v) is 10.5. The summed E-state index contributed by atoms with van der Waals surface area (Å²) in [5.41, 5.74) is 0. The lowest BCUT2D eigenvalue weighted by Crippen LogP contribution is -2.30. The molecule has 2 unspecified atom stereocenters. The molecule has 2 heteroatoms. The van der Waals surface area contributed by atoms with Gasteiger partial charge in [-0.3, -0.25) is 0 Å². The fourth-order valence-electron chi connectivity index (χ4n) is 2.05. The van der Waals surface area contributed by atoms with Gasteiger partial charge >= 0.3 is 0 Å². The van der Waals surface area contributed by atoms with Gasteiger partial charge in [0.15, 0.2) is 0 Å². The van der Waals surface area contributed by atoms with E-state index in [1.54, 1.807) is 0 Å². The smallest absolute Gasteiger partial charge is 0.0172 e. The molecule has 2 atom stereocenters. The van der Waals surface area contributed by atoms with Crippen LogP contribution in [0.4, 0.5) is 0 Å². The molecule has 0 aromatic heterocycles. The second-order valence-electron chi connectivity index (χ2n) is 4.54. The van der Waals surface area contributed by atoms with E-state index in [0.29, 0.717) is 0 Å². The fourth-order valence-corrected chi connectivity index (χ4v) is 3.33. The molecule has 0 aromatic rings. The predicted octanol–water partition coefficient (Wildman–Crippen LogP) is 3.30. The van der Waals surface area contributed by atoms with Gasteiger partial charge in [0, 0.05) is 11.8 Å². The summed E-state index contributed by atoms with van der Waals surface area (Å²) in [7, 11) is 0. The fraction of sp³-hybridized carbons (Fsp3) is 1.00. The minimum Gasteiger partial charge on any atom is -0.315 e. The zero-order valence-electron chi connectivity index (χ0n) is 9.72. The van der Waals surface area contributed by atoms with E-state index in [2.05, 4.69) is 30.9 Å². The van der Waals surface area contributed by atoms with E-state index in [-0.39, 0.29) is 0 Å². The van der Waals surface area contributed by atoms with Crippen molar-refractivity contribution >= 4 is 11.8 Å². The Morgan fingerprint density at radius 3 is 2.93 bits per heavy atom. The Morgan fingerprint density at radius 2 is 2.29 bits per heavy atom. The van der Waals surface area contributed by atoms with E-state index in [9.17, 15) is 0 Å². The minimum absolute atomic E-state index is 0.855. The maximum Gasteiger partial charge on any atom is 0.0172 e. The molecule has 1 N–H and O–H groups in total. The highest BCUT2D eigenvalue weighted by Gasteiger charge is 2.13. The Labute approximate surface area is 93.4 Å². The Balaban J connectivity index is 1.96. The molecule has 0 saturated carbocycles. The number of nitrogens with one attached hydrogen (secondary N) is 1. The van der Waals surface area contributed by atoms with E-state index in [4.69, 9.17) is 0 Å². The molecule has 0 bridgehead atoms. The molecule has 0 spiro atoms. The van der Waals surface area contributed by atoms with Gasteiger partial charge < -0.3 is 5.32 Å². The van der Waals surface area contributed by atoms with Crippen molar-refractivity contribution in [3.8, 4) is 0 Å². The second kappa shape index (κ2) is 7.58. The largest absolute Gasteiger partial charge is 0.315 e. The molecule has 1 heterocycles. The summed E-state index contributed by atoms with van der Waals surface area (Å²) in [4.78, 5) is 0. The van der Waals surface area contributed by atoms with Gasteiger partial charge in [-0.1, -0.05) is 26.7 Å². The Morgan fingerprint density at radius 1 is 1.43 bits per heavy atom. The Hall–Kier alpha value is 0.310. The van der Waals surface area contributed by atoms with Gasteiger partial charge in [-0.05, 0) is 37.5 Å². The molecule has 1 saturated heterocycles. The van der Waals surface area contributed by atoms with Crippen molar-refractivity contribution in [3.63, 3.8) is 0 Å². The normalized spacial score (nSPS) is 24.9. The summed E-state index contributed by atoms with van der Waals surface area (Å²) >= 11 is 2.17. The van der Waals surface area contributed by atoms with Crippen LogP contribution in [0.5, 0.6) is 0 Å². The van der Waals surface area contributed by atoms with Crippen LogP contribution in [0.15, 0.2) is 0 Å². The summed E-state index contributed by atoms with van der Waals surface area (Å²) in [6.07, 6.45) is 7.00. The second-order valence-corrected chi connectivity index (χ2v) is 5.95. The number of thioether (sulfide) groups is 1. The lowest BCUT2D eigenvalue weighted by atomic mass is 10.1. The highest BCUT2D eigenvalue weighted by atomic mass is 32.2. The minimum atomic E-state index is 0.855. The van der Waals surface area contributed by atoms with E-state index in [1.807, 2.05) is 0 Å². The third-order valence-electron chi connectivity index (χ3n) is 2.92. The van der Waals surface area contributed by atoms with Gasteiger partial charge in [0.05, 0.1) is 0 Å². The van der Waals surface area contributed by atoms with Crippen LogP contribution < -0.4 is 5.32 Å². The topological polar surface area (TPSA) is 12.0 Å². The summed E-state index contributed by atoms with van der Waals surface area (Å²) in [5, 5.41) is 4.52. The quantitative estimate of drug-likeness (QED) is 0.729. The molecule has 84 valence electrons.